The maximum Gasteiger partial charge on any atom is 0.410 e. The number of nitroso groups, excluding NO2 is 1. The molecule has 0 aromatic carbocycles. The summed E-state index contributed by atoms with van der Waals surface area (Å²) in [5, 5.41) is 6.98. The molecule has 1 saturated heterocycles. The van der Waals surface area contributed by atoms with Crippen LogP contribution in [0.25, 0.3) is 0 Å². The van der Waals surface area contributed by atoms with Gasteiger partial charge in [0.1, 0.15) is 11.3 Å². The van der Waals surface area contributed by atoms with Gasteiger partial charge in [0.15, 0.2) is 0 Å². The number of ether oxygens (including phenoxy) is 1. The molecular formula is C13H20N4O3. The van der Waals surface area contributed by atoms with Crippen molar-refractivity contribution in [3.63, 3.8) is 0 Å². The minimum Gasteiger partial charge on any atom is -0.444 e. The molecule has 0 radical (unpaired) electrons. The highest BCUT2D eigenvalue weighted by Crippen LogP contribution is 2.24. The number of likely N-dealkylation sites (tertiary alicyclic amines) is 1. The first-order valence-corrected chi connectivity index (χ1v) is 6.74. The Morgan fingerprint density at radius 1 is 1.40 bits per heavy atom. The van der Waals surface area contributed by atoms with Gasteiger partial charge in [0.2, 0.25) is 0 Å². The molecule has 7 heteroatoms. The van der Waals surface area contributed by atoms with E-state index in [4.69, 9.17) is 4.74 Å². The van der Waals surface area contributed by atoms with Gasteiger partial charge < -0.3 is 9.64 Å². The number of carbonyl (C=O) groups excluding carboxylic acids is 1. The number of rotatable bonds is 2. The van der Waals surface area contributed by atoms with Crippen LogP contribution in [0.3, 0.4) is 0 Å². The van der Waals surface area contributed by atoms with Crippen molar-refractivity contribution >= 4 is 11.8 Å². The first-order valence-electron chi connectivity index (χ1n) is 6.74. The van der Waals surface area contributed by atoms with Crippen LogP contribution in [0.2, 0.25) is 0 Å². The molecule has 1 aliphatic heterocycles. The third-order valence-electron chi connectivity index (χ3n) is 3.18. The Bertz CT molecular complexity index is 484. The molecule has 0 atom stereocenters. The second kappa shape index (κ2) is 5.60. The lowest BCUT2D eigenvalue weighted by Gasteiger charge is -2.33. The zero-order valence-corrected chi connectivity index (χ0v) is 12.1. The van der Waals surface area contributed by atoms with Gasteiger partial charge >= 0.3 is 6.09 Å². The summed E-state index contributed by atoms with van der Waals surface area (Å²) in [4.78, 5) is 24.0. The first-order chi connectivity index (χ1) is 9.39. The van der Waals surface area contributed by atoms with Crippen LogP contribution in [0.15, 0.2) is 17.6 Å². The molecule has 2 rings (SSSR count). The van der Waals surface area contributed by atoms with E-state index in [-0.39, 0.29) is 12.1 Å². The minimum absolute atomic E-state index is 0.198. The van der Waals surface area contributed by atoms with Gasteiger partial charge in [-0.1, -0.05) is 0 Å². The zero-order chi connectivity index (χ0) is 14.8. The molecule has 0 spiro atoms. The zero-order valence-electron chi connectivity index (χ0n) is 12.1. The lowest BCUT2D eigenvalue weighted by atomic mass is 10.1. The first kappa shape index (κ1) is 14.5. The van der Waals surface area contributed by atoms with Crippen LogP contribution in [0.4, 0.5) is 10.5 Å². The van der Waals surface area contributed by atoms with Crippen molar-refractivity contribution in [3.05, 3.63) is 17.3 Å². The predicted octanol–water partition coefficient (Wildman–Crippen LogP) is 2.85. The van der Waals surface area contributed by atoms with Crippen LogP contribution in [0, 0.1) is 4.91 Å². The average Bonchev–Trinajstić information content (AvgIpc) is 2.85. The van der Waals surface area contributed by atoms with Gasteiger partial charge in [-0.2, -0.15) is 5.10 Å². The van der Waals surface area contributed by atoms with Crippen LogP contribution in [-0.2, 0) is 4.74 Å². The molecule has 0 bridgehead atoms. The van der Waals surface area contributed by atoms with Gasteiger partial charge in [-0.05, 0) is 38.8 Å². The number of hydrogen-bond donors (Lipinski definition) is 0. The Balaban J connectivity index is 1.89. The molecule has 7 nitrogen and oxygen atoms in total. The van der Waals surface area contributed by atoms with E-state index in [1.54, 1.807) is 15.8 Å². The fourth-order valence-electron chi connectivity index (χ4n) is 2.21. The molecule has 1 fully saturated rings. The molecule has 2 heterocycles. The van der Waals surface area contributed by atoms with Gasteiger partial charge in [-0.15, -0.1) is 4.91 Å². The summed E-state index contributed by atoms with van der Waals surface area (Å²) >= 11 is 0. The Hall–Kier alpha value is -1.92. The van der Waals surface area contributed by atoms with Crippen molar-refractivity contribution in [2.75, 3.05) is 13.1 Å². The molecular weight excluding hydrogens is 260 g/mol. The highest BCUT2D eigenvalue weighted by atomic mass is 16.6. The van der Waals surface area contributed by atoms with E-state index in [0.29, 0.717) is 18.8 Å². The second-order valence-electron chi connectivity index (χ2n) is 5.97. The van der Waals surface area contributed by atoms with Crippen LogP contribution < -0.4 is 0 Å². The monoisotopic (exact) mass is 280 g/mol. The maximum absolute atomic E-state index is 11.9. The summed E-state index contributed by atoms with van der Waals surface area (Å²) in [5.74, 6) is 0. The number of carbonyl (C=O) groups is 1. The molecule has 0 unspecified atom stereocenters. The molecule has 1 amide bonds. The van der Waals surface area contributed by atoms with Crippen molar-refractivity contribution in [1.29, 1.82) is 0 Å². The van der Waals surface area contributed by atoms with Gasteiger partial charge in [0.05, 0.1) is 18.4 Å². The summed E-state index contributed by atoms with van der Waals surface area (Å²) in [7, 11) is 0. The number of hydrogen-bond acceptors (Lipinski definition) is 5. The standard InChI is InChI=1S/C13H20N4O3/c1-13(2,3)20-12(18)16-6-4-11(5-7-16)17-9-10(15-19)8-14-17/h8-9,11H,4-7H2,1-3H3. The SMILES string of the molecule is CC(C)(C)OC(=O)N1CCC(n2cc(N=O)cn2)CC1. The fraction of sp³-hybridized carbons (Fsp3) is 0.692. The Morgan fingerprint density at radius 2 is 2.05 bits per heavy atom. The van der Waals surface area contributed by atoms with Gasteiger partial charge in [0, 0.05) is 13.1 Å². The van der Waals surface area contributed by atoms with E-state index in [9.17, 15) is 9.70 Å². The van der Waals surface area contributed by atoms with Crippen LogP contribution in [0.5, 0.6) is 0 Å². The Kier molecular flexibility index (Phi) is 4.06. The third-order valence-corrected chi connectivity index (χ3v) is 3.18. The lowest BCUT2D eigenvalue weighted by Crippen LogP contribution is -2.42. The largest absolute Gasteiger partial charge is 0.444 e. The smallest absolute Gasteiger partial charge is 0.410 e. The van der Waals surface area contributed by atoms with Crippen molar-refractivity contribution in [3.8, 4) is 0 Å². The van der Waals surface area contributed by atoms with E-state index >= 15 is 0 Å². The summed E-state index contributed by atoms with van der Waals surface area (Å²) in [6.45, 7) is 6.83. The van der Waals surface area contributed by atoms with Crippen LogP contribution in [-0.4, -0.2) is 39.5 Å². The molecule has 0 saturated carbocycles. The summed E-state index contributed by atoms with van der Waals surface area (Å²) < 4.78 is 7.10. The van der Waals surface area contributed by atoms with Crippen LogP contribution >= 0.6 is 0 Å². The number of piperidine rings is 1. The Labute approximate surface area is 117 Å². The van der Waals surface area contributed by atoms with E-state index in [1.807, 2.05) is 20.8 Å². The third kappa shape index (κ3) is 3.55. The van der Waals surface area contributed by atoms with E-state index in [0.717, 1.165) is 12.8 Å². The number of amides is 1. The quantitative estimate of drug-likeness (QED) is 0.780. The van der Waals surface area contributed by atoms with E-state index in [2.05, 4.69) is 10.3 Å². The molecule has 1 aromatic heterocycles. The maximum atomic E-state index is 11.9. The highest BCUT2D eigenvalue weighted by molar-refractivity contribution is 5.68. The predicted molar refractivity (Wildman–Crippen MR) is 73.8 cm³/mol. The number of nitrogens with zero attached hydrogens (tertiary/aromatic N) is 4. The molecule has 0 N–H and O–H groups in total. The fourth-order valence-corrected chi connectivity index (χ4v) is 2.21. The summed E-state index contributed by atoms with van der Waals surface area (Å²) in [6.07, 6.45) is 4.40. The van der Waals surface area contributed by atoms with Crippen molar-refractivity contribution in [1.82, 2.24) is 14.7 Å². The van der Waals surface area contributed by atoms with Crippen molar-refractivity contribution < 1.29 is 9.53 Å². The second-order valence-corrected chi connectivity index (χ2v) is 5.97. The van der Waals surface area contributed by atoms with E-state index < -0.39 is 5.60 Å². The normalized spacial score (nSPS) is 17.1. The number of aromatic nitrogens is 2. The Morgan fingerprint density at radius 3 is 2.55 bits per heavy atom. The molecule has 1 aromatic rings. The van der Waals surface area contributed by atoms with Gasteiger partial charge in [-0.25, -0.2) is 4.79 Å². The minimum atomic E-state index is -0.472. The summed E-state index contributed by atoms with van der Waals surface area (Å²) in [5.41, 5.74) is -0.139. The molecule has 110 valence electrons. The van der Waals surface area contributed by atoms with E-state index in [1.165, 1.54) is 6.20 Å². The molecule has 0 aliphatic carbocycles. The lowest BCUT2D eigenvalue weighted by molar-refractivity contribution is 0.0185. The van der Waals surface area contributed by atoms with Crippen molar-refractivity contribution in [2.45, 2.75) is 45.3 Å². The van der Waals surface area contributed by atoms with Gasteiger partial charge in [-0.3, -0.25) is 4.68 Å². The average molecular weight is 280 g/mol. The molecule has 20 heavy (non-hydrogen) atoms. The van der Waals surface area contributed by atoms with Gasteiger partial charge in [0.25, 0.3) is 0 Å². The molecule has 1 aliphatic rings. The van der Waals surface area contributed by atoms with Crippen LogP contribution in [0.1, 0.15) is 39.7 Å². The van der Waals surface area contributed by atoms with Crippen molar-refractivity contribution in [2.24, 2.45) is 5.18 Å². The summed E-state index contributed by atoms with van der Waals surface area (Å²) in [6, 6.07) is 0.198. The highest BCUT2D eigenvalue weighted by Gasteiger charge is 2.27. The topological polar surface area (TPSA) is 76.8 Å².